The van der Waals surface area contributed by atoms with Crippen LogP contribution in [0.4, 0.5) is 0 Å². The van der Waals surface area contributed by atoms with E-state index in [1.54, 1.807) is 7.11 Å². The molecule has 4 nitrogen and oxygen atoms in total. The van der Waals surface area contributed by atoms with Gasteiger partial charge in [-0.3, -0.25) is 4.79 Å². The molecule has 2 saturated heterocycles. The van der Waals surface area contributed by atoms with E-state index in [9.17, 15) is 4.79 Å². The standard InChI is InChI=1S/C12H20N2O2/c1-9(10-7-13-8-10)12(15)14-5-3-11(16-2)4-6-14/h11,13H,3-8H2,1-2H3. The molecule has 0 aromatic heterocycles. The summed E-state index contributed by atoms with van der Waals surface area (Å²) in [4.78, 5) is 14.1. The van der Waals surface area contributed by atoms with Crippen LogP contribution in [-0.4, -0.2) is 50.2 Å². The minimum absolute atomic E-state index is 0.214. The van der Waals surface area contributed by atoms with Gasteiger partial charge in [-0.05, 0) is 25.3 Å². The molecular formula is C12H20N2O2. The molecule has 90 valence electrons. The molecular weight excluding hydrogens is 204 g/mol. The van der Waals surface area contributed by atoms with Crippen molar-refractivity contribution in [3.05, 3.63) is 11.1 Å². The first-order valence-electron chi connectivity index (χ1n) is 5.93. The van der Waals surface area contributed by atoms with Gasteiger partial charge < -0.3 is 15.0 Å². The summed E-state index contributed by atoms with van der Waals surface area (Å²) >= 11 is 0. The fourth-order valence-electron chi connectivity index (χ4n) is 2.20. The number of methoxy groups -OCH3 is 1. The third-order valence-electron chi connectivity index (χ3n) is 3.59. The molecule has 2 heterocycles. The highest BCUT2D eigenvalue weighted by molar-refractivity contribution is 5.94. The molecule has 4 heteroatoms. The number of nitrogens with one attached hydrogen (secondary N) is 1. The van der Waals surface area contributed by atoms with Crippen molar-refractivity contribution in [3.63, 3.8) is 0 Å². The Morgan fingerprint density at radius 2 is 2.00 bits per heavy atom. The van der Waals surface area contributed by atoms with Crippen LogP contribution in [-0.2, 0) is 9.53 Å². The van der Waals surface area contributed by atoms with Gasteiger partial charge in [-0.25, -0.2) is 0 Å². The van der Waals surface area contributed by atoms with Gasteiger partial charge in [0, 0.05) is 38.9 Å². The van der Waals surface area contributed by atoms with E-state index in [1.807, 2.05) is 11.8 Å². The molecule has 0 aromatic rings. The smallest absolute Gasteiger partial charge is 0.249 e. The van der Waals surface area contributed by atoms with E-state index < -0.39 is 0 Å². The van der Waals surface area contributed by atoms with E-state index in [4.69, 9.17) is 4.74 Å². The van der Waals surface area contributed by atoms with Crippen LogP contribution in [0.25, 0.3) is 0 Å². The van der Waals surface area contributed by atoms with Gasteiger partial charge in [0.25, 0.3) is 0 Å². The van der Waals surface area contributed by atoms with Gasteiger partial charge in [-0.1, -0.05) is 0 Å². The number of likely N-dealkylation sites (tertiary alicyclic amines) is 1. The number of piperidine rings is 1. The van der Waals surface area contributed by atoms with Gasteiger partial charge in [0.05, 0.1) is 6.10 Å². The Kier molecular flexibility index (Phi) is 3.61. The van der Waals surface area contributed by atoms with Crippen LogP contribution in [0.5, 0.6) is 0 Å². The first-order chi connectivity index (χ1) is 7.72. The number of hydrogen-bond donors (Lipinski definition) is 1. The largest absolute Gasteiger partial charge is 0.381 e. The van der Waals surface area contributed by atoms with Crippen LogP contribution in [0.1, 0.15) is 19.8 Å². The van der Waals surface area contributed by atoms with Crippen molar-refractivity contribution in [1.82, 2.24) is 10.2 Å². The second-order valence-corrected chi connectivity index (χ2v) is 4.56. The molecule has 0 aromatic carbocycles. The van der Waals surface area contributed by atoms with Crippen LogP contribution in [0.15, 0.2) is 11.1 Å². The predicted octanol–water partition coefficient (Wildman–Crippen LogP) is 0.544. The summed E-state index contributed by atoms with van der Waals surface area (Å²) in [5.74, 6) is 0.214. The lowest BCUT2D eigenvalue weighted by atomic mass is 10.0. The van der Waals surface area contributed by atoms with Gasteiger partial charge in [0.15, 0.2) is 0 Å². The van der Waals surface area contributed by atoms with E-state index in [0.29, 0.717) is 6.10 Å². The van der Waals surface area contributed by atoms with Crippen LogP contribution in [0.3, 0.4) is 0 Å². The Morgan fingerprint density at radius 3 is 2.44 bits per heavy atom. The van der Waals surface area contributed by atoms with Gasteiger partial charge in [-0.15, -0.1) is 0 Å². The van der Waals surface area contributed by atoms with E-state index in [2.05, 4.69) is 5.32 Å². The first-order valence-corrected chi connectivity index (χ1v) is 5.93. The SMILES string of the molecule is COC1CCN(C(=O)C(C)=C2CNC2)CC1. The number of carbonyl (C=O) groups excluding carboxylic acids is 1. The predicted molar refractivity (Wildman–Crippen MR) is 62.2 cm³/mol. The topological polar surface area (TPSA) is 41.6 Å². The maximum Gasteiger partial charge on any atom is 0.249 e. The molecule has 0 aliphatic carbocycles. The molecule has 0 bridgehead atoms. The lowest BCUT2D eigenvalue weighted by molar-refractivity contribution is -0.129. The molecule has 0 unspecified atom stereocenters. The van der Waals surface area contributed by atoms with E-state index in [-0.39, 0.29) is 5.91 Å². The van der Waals surface area contributed by atoms with Crippen molar-refractivity contribution < 1.29 is 9.53 Å². The number of nitrogens with zero attached hydrogens (tertiary/aromatic N) is 1. The Balaban J connectivity index is 1.91. The highest BCUT2D eigenvalue weighted by atomic mass is 16.5. The van der Waals surface area contributed by atoms with Crippen molar-refractivity contribution in [2.24, 2.45) is 0 Å². The van der Waals surface area contributed by atoms with E-state index in [1.165, 1.54) is 5.57 Å². The summed E-state index contributed by atoms with van der Waals surface area (Å²) in [6, 6.07) is 0. The minimum atomic E-state index is 0.214. The number of amides is 1. The lowest BCUT2D eigenvalue weighted by Gasteiger charge is -2.32. The van der Waals surface area contributed by atoms with Crippen LogP contribution in [0.2, 0.25) is 0 Å². The molecule has 1 N–H and O–H groups in total. The van der Waals surface area contributed by atoms with Gasteiger partial charge in [0.2, 0.25) is 5.91 Å². The van der Waals surface area contributed by atoms with Crippen molar-refractivity contribution in [3.8, 4) is 0 Å². The highest BCUT2D eigenvalue weighted by Crippen LogP contribution is 2.17. The Morgan fingerprint density at radius 1 is 1.38 bits per heavy atom. The monoisotopic (exact) mass is 224 g/mol. The lowest BCUT2D eigenvalue weighted by Crippen LogP contribution is -2.43. The zero-order chi connectivity index (χ0) is 11.5. The highest BCUT2D eigenvalue weighted by Gasteiger charge is 2.25. The zero-order valence-electron chi connectivity index (χ0n) is 10.1. The maximum absolute atomic E-state index is 12.1. The van der Waals surface area contributed by atoms with Crippen molar-refractivity contribution in [1.29, 1.82) is 0 Å². The van der Waals surface area contributed by atoms with Crippen LogP contribution < -0.4 is 5.32 Å². The van der Waals surface area contributed by atoms with Crippen LogP contribution >= 0.6 is 0 Å². The first kappa shape index (κ1) is 11.6. The molecule has 2 aliphatic rings. The minimum Gasteiger partial charge on any atom is -0.381 e. The number of ether oxygens (including phenoxy) is 1. The quantitative estimate of drug-likeness (QED) is 0.696. The number of hydrogen-bond acceptors (Lipinski definition) is 3. The third kappa shape index (κ3) is 2.28. The van der Waals surface area contributed by atoms with Crippen LogP contribution in [0, 0.1) is 0 Å². The molecule has 0 radical (unpaired) electrons. The summed E-state index contributed by atoms with van der Waals surface area (Å²) in [6.45, 7) is 5.36. The number of carbonyl (C=O) groups is 1. The molecule has 1 amide bonds. The maximum atomic E-state index is 12.1. The molecule has 16 heavy (non-hydrogen) atoms. The Hall–Kier alpha value is -0.870. The Labute approximate surface area is 96.6 Å². The normalized spacial score (nSPS) is 21.9. The van der Waals surface area contributed by atoms with Gasteiger partial charge >= 0.3 is 0 Å². The molecule has 2 rings (SSSR count). The third-order valence-corrected chi connectivity index (χ3v) is 3.59. The fraction of sp³-hybridized carbons (Fsp3) is 0.750. The zero-order valence-corrected chi connectivity index (χ0v) is 10.1. The average molecular weight is 224 g/mol. The van der Waals surface area contributed by atoms with E-state index >= 15 is 0 Å². The van der Waals surface area contributed by atoms with Crippen molar-refractivity contribution >= 4 is 5.91 Å². The Bertz CT molecular complexity index is 298. The molecule has 0 atom stereocenters. The van der Waals surface area contributed by atoms with Crippen molar-refractivity contribution in [2.45, 2.75) is 25.9 Å². The van der Waals surface area contributed by atoms with Gasteiger partial charge in [0.1, 0.15) is 0 Å². The molecule has 0 spiro atoms. The second-order valence-electron chi connectivity index (χ2n) is 4.56. The fourth-order valence-corrected chi connectivity index (χ4v) is 2.20. The molecule has 2 aliphatic heterocycles. The summed E-state index contributed by atoms with van der Waals surface area (Å²) in [5.41, 5.74) is 2.20. The summed E-state index contributed by atoms with van der Waals surface area (Å²) < 4.78 is 5.30. The second kappa shape index (κ2) is 4.97. The number of rotatable bonds is 2. The van der Waals surface area contributed by atoms with E-state index in [0.717, 1.165) is 44.6 Å². The summed E-state index contributed by atoms with van der Waals surface area (Å²) in [7, 11) is 1.75. The molecule has 0 saturated carbocycles. The average Bonchev–Trinajstić information content (AvgIpc) is 2.26. The summed E-state index contributed by atoms with van der Waals surface area (Å²) in [5, 5.41) is 3.17. The van der Waals surface area contributed by atoms with Gasteiger partial charge in [-0.2, -0.15) is 0 Å². The summed E-state index contributed by atoms with van der Waals surface area (Å²) in [6.07, 6.45) is 2.26. The van der Waals surface area contributed by atoms with Crippen molar-refractivity contribution in [2.75, 3.05) is 33.3 Å². The molecule has 2 fully saturated rings.